The van der Waals surface area contributed by atoms with Gasteiger partial charge in [-0.15, -0.1) is 0 Å². The van der Waals surface area contributed by atoms with Crippen molar-refractivity contribution in [1.82, 2.24) is 0 Å². The Kier molecular flexibility index (Phi) is 5.24. The van der Waals surface area contributed by atoms with E-state index >= 15 is 0 Å². The second-order valence-electron chi connectivity index (χ2n) is 3.57. The molecule has 0 spiro atoms. The molecule has 1 aromatic carbocycles. The van der Waals surface area contributed by atoms with Crippen LogP contribution in [0, 0.1) is 11.3 Å². The summed E-state index contributed by atoms with van der Waals surface area (Å²) in [6, 6.07) is 4.41. The number of hydrogen-bond acceptors (Lipinski definition) is 4. The Morgan fingerprint density at radius 3 is 2.58 bits per heavy atom. The minimum absolute atomic E-state index is 0.102. The van der Waals surface area contributed by atoms with Gasteiger partial charge in [0.15, 0.2) is 0 Å². The highest BCUT2D eigenvalue weighted by molar-refractivity contribution is 5.93. The average molecular weight is 269 g/mol. The summed E-state index contributed by atoms with van der Waals surface area (Å²) >= 11 is 0. The van der Waals surface area contributed by atoms with Crippen LogP contribution in [0.2, 0.25) is 0 Å². The molecule has 102 valence electrons. The van der Waals surface area contributed by atoms with Crippen LogP contribution in [-0.2, 0) is 11.2 Å². The highest BCUT2D eigenvalue weighted by Gasteiger charge is 2.19. The first-order chi connectivity index (χ1) is 9.03. The van der Waals surface area contributed by atoms with E-state index in [1.54, 1.807) is 13.8 Å². The molecule has 0 saturated carbocycles. The number of esters is 1. The maximum Gasteiger partial charge on any atom is 0.387 e. The lowest BCUT2D eigenvalue weighted by Gasteiger charge is -2.12. The summed E-state index contributed by atoms with van der Waals surface area (Å²) in [6.07, 6.45) is 0.464. The molecule has 0 atom stereocenters. The summed E-state index contributed by atoms with van der Waals surface area (Å²) in [5, 5.41) is 8.97. The van der Waals surface area contributed by atoms with Crippen LogP contribution >= 0.6 is 0 Å². The molecule has 0 aliphatic rings. The highest BCUT2D eigenvalue weighted by atomic mass is 19.3. The fourth-order valence-corrected chi connectivity index (χ4v) is 1.58. The van der Waals surface area contributed by atoms with Crippen molar-refractivity contribution < 1.29 is 23.0 Å². The predicted molar refractivity (Wildman–Crippen MR) is 63.1 cm³/mol. The van der Waals surface area contributed by atoms with Gasteiger partial charge in [-0.25, -0.2) is 4.79 Å². The van der Waals surface area contributed by atoms with E-state index in [0.717, 1.165) is 0 Å². The van der Waals surface area contributed by atoms with E-state index in [9.17, 15) is 13.6 Å². The summed E-state index contributed by atoms with van der Waals surface area (Å²) in [4.78, 5) is 11.7. The first kappa shape index (κ1) is 14.9. The number of aryl methyl sites for hydroxylation is 1. The number of carbonyl (C=O) groups excluding carboxylic acids is 1. The van der Waals surface area contributed by atoms with Gasteiger partial charge in [0.2, 0.25) is 0 Å². The SMILES string of the molecule is CCOC(=O)c1cc(C#N)c(CC)cc1OC(F)F. The number of benzene rings is 1. The van der Waals surface area contributed by atoms with E-state index in [0.29, 0.717) is 12.0 Å². The molecule has 0 heterocycles. The van der Waals surface area contributed by atoms with Crippen molar-refractivity contribution in [3.05, 3.63) is 28.8 Å². The first-order valence-corrected chi connectivity index (χ1v) is 5.72. The van der Waals surface area contributed by atoms with Crippen LogP contribution in [0.3, 0.4) is 0 Å². The predicted octanol–water partition coefficient (Wildman–Crippen LogP) is 2.90. The summed E-state index contributed by atoms with van der Waals surface area (Å²) in [5.41, 5.74) is 0.606. The van der Waals surface area contributed by atoms with Gasteiger partial charge in [-0.3, -0.25) is 0 Å². The lowest BCUT2D eigenvalue weighted by molar-refractivity contribution is -0.0504. The fraction of sp³-hybridized carbons (Fsp3) is 0.385. The molecule has 0 amide bonds. The largest absolute Gasteiger partial charge is 0.462 e. The zero-order chi connectivity index (χ0) is 14.4. The summed E-state index contributed by atoms with van der Waals surface area (Å²) < 4.78 is 33.7. The van der Waals surface area contributed by atoms with Crippen LogP contribution in [0.4, 0.5) is 8.78 Å². The average Bonchev–Trinajstić information content (AvgIpc) is 2.37. The normalized spacial score (nSPS) is 10.1. The highest BCUT2D eigenvalue weighted by Crippen LogP contribution is 2.26. The van der Waals surface area contributed by atoms with Crippen molar-refractivity contribution in [1.29, 1.82) is 5.26 Å². The number of rotatable bonds is 5. The molecule has 0 fully saturated rings. The molecule has 4 nitrogen and oxygen atoms in total. The van der Waals surface area contributed by atoms with Gasteiger partial charge in [-0.2, -0.15) is 14.0 Å². The third-order valence-corrected chi connectivity index (χ3v) is 2.42. The number of alkyl halides is 2. The monoisotopic (exact) mass is 269 g/mol. The Balaban J connectivity index is 3.32. The van der Waals surface area contributed by atoms with Crippen LogP contribution in [0.1, 0.15) is 35.3 Å². The molecule has 0 aromatic heterocycles. The number of nitriles is 1. The molecule has 0 aliphatic carbocycles. The maximum absolute atomic E-state index is 12.3. The molecule has 0 aliphatic heterocycles. The third kappa shape index (κ3) is 3.65. The molecule has 19 heavy (non-hydrogen) atoms. The van der Waals surface area contributed by atoms with Crippen molar-refractivity contribution in [2.45, 2.75) is 26.9 Å². The van der Waals surface area contributed by atoms with Crippen LogP contribution < -0.4 is 4.74 Å². The second kappa shape index (κ2) is 6.69. The molecule has 0 saturated heterocycles. The van der Waals surface area contributed by atoms with E-state index in [-0.39, 0.29) is 23.5 Å². The lowest BCUT2D eigenvalue weighted by atomic mass is 10.0. The fourth-order valence-electron chi connectivity index (χ4n) is 1.58. The van der Waals surface area contributed by atoms with Gasteiger partial charge in [0.05, 0.1) is 18.2 Å². The Hall–Kier alpha value is -2.16. The Morgan fingerprint density at radius 1 is 1.42 bits per heavy atom. The van der Waals surface area contributed by atoms with Crippen molar-refractivity contribution in [2.75, 3.05) is 6.61 Å². The summed E-state index contributed by atoms with van der Waals surface area (Å²) in [5.74, 6) is -1.07. The van der Waals surface area contributed by atoms with E-state index in [4.69, 9.17) is 10.00 Å². The number of ether oxygens (including phenoxy) is 2. The number of nitrogens with zero attached hydrogens (tertiary/aromatic N) is 1. The third-order valence-electron chi connectivity index (χ3n) is 2.42. The Bertz CT molecular complexity index is 509. The Labute approximate surface area is 109 Å². The van der Waals surface area contributed by atoms with Crippen LogP contribution in [0.15, 0.2) is 12.1 Å². The summed E-state index contributed by atoms with van der Waals surface area (Å²) in [7, 11) is 0. The van der Waals surface area contributed by atoms with Crippen LogP contribution in [0.25, 0.3) is 0 Å². The van der Waals surface area contributed by atoms with Gasteiger partial charge in [-0.05, 0) is 31.0 Å². The van der Waals surface area contributed by atoms with Crippen molar-refractivity contribution >= 4 is 5.97 Å². The van der Waals surface area contributed by atoms with Crippen molar-refractivity contribution in [2.24, 2.45) is 0 Å². The molecule has 1 rings (SSSR count). The molecule has 0 N–H and O–H groups in total. The first-order valence-electron chi connectivity index (χ1n) is 5.72. The molecular weight excluding hydrogens is 256 g/mol. The van der Waals surface area contributed by atoms with Gasteiger partial charge in [-0.1, -0.05) is 6.92 Å². The van der Waals surface area contributed by atoms with Crippen LogP contribution in [0.5, 0.6) is 5.75 Å². The molecule has 0 bridgehead atoms. The molecular formula is C13H13F2NO3. The topological polar surface area (TPSA) is 59.3 Å². The second-order valence-corrected chi connectivity index (χ2v) is 3.57. The van der Waals surface area contributed by atoms with Crippen molar-refractivity contribution in [3.8, 4) is 11.8 Å². The zero-order valence-corrected chi connectivity index (χ0v) is 10.6. The van der Waals surface area contributed by atoms with Gasteiger partial charge < -0.3 is 9.47 Å². The minimum Gasteiger partial charge on any atom is -0.462 e. The van der Waals surface area contributed by atoms with Gasteiger partial charge >= 0.3 is 12.6 Å². The Morgan fingerprint density at radius 2 is 2.11 bits per heavy atom. The van der Waals surface area contributed by atoms with Gasteiger partial charge in [0.1, 0.15) is 11.3 Å². The smallest absolute Gasteiger partial charge is 0.387 e. The molecule has 0 unspecified atom stereocenters. The lowest BCUT2D eigenvalue weighted by Crippen LogP contribution is -2.12. The van der Waals surface area contributed by atoms with E-state index in [1.807, 2.05) is 6.07 Å². The maximum atomic E-state index is 12.3. The standard InChI is InChI=1S/C13H13F2NO3/c1-3-8-6-11(19-13(14)15)10(5-9(8)7-16)12(17)18-4-2/h5-6,13H,3-4H2,1-2H3. The zero-order valence-electron chi connectivity index (χ0n) is 10.6. The summed E-state index contributed by atoms with van der Waals surface area (Å²) in [6.45, 7) is 0.416. The van der Waals surface area contributed by atoms with Crippen LogP contribution in [-0.4, -0.2) is 19.2 Å². The molecule has 6 heteroatoms. The van der Waals surface area contributed by atoms with Crippen molar-refractivity contribution in [3.63, 3.8) is 0 Å². The quantitative estimate of drug-likeness (QED) is 0.771. The van der Waals surface area contributed by atoms with Gasteiger partial charge in [0, 0.05) is 0 Å². The van der Waals surface area contributed by atoms with E-state index in [2.05, 4.69) is 4.74 Å². The minimum atomic E-state index is -3.05. The van der Waals surface area contributed by atoms with Gasteiger partial charge in [0.25, 0.3) is 0 Å². The van der Waals surface area contributed by atoms with E-state index < -0.39 is 12.6 Å². The number of carbonyl (C=O) groups is 1. The number of halogens is 2. The number of hydrogen-bond donors (Lipinski definition) is 0. The molecule has 0 radical (unpaired) electrons. The van der Waals surface area contributed by atoms with E-state index in [1.165, 1.54) is 12.1 Å². The molecule has 1 aromatic rings.